The van der Waals surface area contributed by atoms with E-state index in [9.17, 15) is 9.59 Å². The molecule has 0 bridgehead atoms. The van der Waals surface area contributed by atoms with Gasteiger partial charge in [-0.05, 0) is 47.9 Å². The van der Waals surface area contributed by atoms with Crippen molar-refractivity contribution in [2.45, 2.75) is 19.8 Å². The highest BCUT2D eigenvalue weighted by Crippen LogP contribution is 2.33. The third-order valence-electron chi connectivity index (χ3n) is 5.54. The summed E-state index contributed by atoms with van der Waals surface area (Å²) in [5.41, 5.74) is 5.76. The van der Waals surface area contributed by atoms with Gasteiger partial charge >= 0.3 is 0 Å². The first kappa shape index (κ1) is 19.4. The van der Waals surface area contributed by atoms with E-state index in [2.05, 4.69) is 43.5 Å². The van der Waals surface area contributed by atoms with Gasteiger partial charge in [0.1, 0.15) is 5.01 Å². The summed E-state index contributed by atoms with van der Waals surface area (Å²) < 4.78 is 0. The molecule has 152 valence electrons. The second kappa shape index (κ2) is 7.60. The fourth-order valence-electron chi connectivity index (χ4n) is 3.75. The Morgan fingerprint density at radius 1 is 0.774 bits per heavy atom. The SMILES string of the molecule is CC(C)c1ccc(-c2csc(-c3ccc(N4C(=O)c5ccccc5C4=O)cc3)n2)cc1. The van der Waals surface area contributed by atoms with Crippen LogP contribution >= 0.6 is 11.3 Å². The zero-order valence-electron chi connectivity index (χ0n) is 17.2. The summed E-state index contributed by atoms with van der Waals surface area (Å²) in [6.45, 7) is 4.36. The van der Waals surface area contributed by atoms with Crippen molar-refractivity contribution in [3.05, 3.63) is 94.9 Å². The van der Waals surface area contributed by atoms with Crippen molar-refractivity contribution in [1.29, 1.82) is 0 Å². The zero-order valence-corrected chi connectivity index (χ0v) is 18.0. The summed E-state index contributed by atoms with van der Waals surface area (Å²) in [5, 5.41) is 2.95. The molecule has 4 aromatic rings. The molecule has 0 saturated heterocycles. The average Bonchev–Trinajstić information content (AvgIpc) is 3.38. The van der Waals surface area contributed by atoms with Crippen LogP contribution in [0.25, 0.3) is 21.8 Å². The Morgan fingerprint density at radius 3 is 1.94 bits per heavy atom. The Morgan fingerprint density at radius 2 is 1.35 bits per heavy atom. The van der Waals surface area contributed by atoms with Crippen LogP contribution < -0.4 is 4.90 Å². The largest absolute Gasteiger partial charge is 0.268 e. The van der Waals surface area contributed by atoms with Crippen LogP contribution in [0.15, 0.2) is 78.2 Å². The summed E-state index contributed by atoms with van der Waals surface area (Å²) in [6, 6.07) is 22.9. The fraction of sp³-hybridized carbons (Fsp3) is 0.115. The first-order valence-electron chi connectivity index (χ1n) is 10.2. The molecule has 1 aliphatic rings. The van der Waals surface area contributed by atoms with E-state index >= 15 is 0 Å². The summed E-state index contributed by atoms with van der Waals surface area (Å²) in [7, 11) is 0. The van der Waals surface area contributed by atoms with Crippen molar-refractivity contribution in [2.75, 3.05) is 4.90 Å². The van der Waals surface area contributed by atoms with Gasteiger partial charge in [-0.2, -0.15) is 0 Å². The first-order valence-corrected chi connectivity index (χ1v) is 11.0. The number of amides is 2. The Labute approximate surface area is 184 Å². The van der Waals surface area contributed by atoms with Crippen LogP contribution in [0.2, 0.25) is 0 Å². The Bertz CT molecular complexity index is 1250. The van der Waals surface area contributed by atoms with Crippen molar-refractivity contribution in [2.24, 2.45) is 0 Å². The molecular weight excluding hydrogens is 404 g/mol. The van der Waals surface area contributed by atoms with E-state index in [1.807, 2.05) is 12.1 Å². The number of anilines is 1. The lowest BCUT2D eigenvalue weighted by molar-refractivity contribution is 0.0926. The minimum Gasteiger partial charge on any atom is -0.268 e. The summed E-state index contributed by atoms with van der Waals surface area (Å²) in [5.74, 6) is -0.0646. The Hall–Kier alpha value is -3.57. The molecule has 0 saturated carbocycles. The van der Waals surface area contributed by atoms with E-state index < -0.39 is 0 Å². The molecule has 0 fully saturated rings. The van der Waals surface area contributed by atoms with Gasteiger partial charge in [-0.25, -0.2) is 9.88 Å². The van der Waals surface area contributed by atoms with E-state index in [0.717, 1.165) is 21.8 Å². The number of carbonyl (C=O) groups is 2. The molecule has 31 heavy (non-hydrogen) atoms. The average molecular weight is 425 g/mol. The Kier molecular flexibility index (Phi) is 4.75. The normalized spacial score (nSPS) is 13.2. The maximum Gasteiger partial charge on any atom is 0.266 e. The highest BCUT2D eigenvalue weighted by atomic mass is 32.1. The maximum absolute atomic E-state index is 12.7. The van der Waals surface area contributed by atoms with Crippen LogP contribution in [-0.2, 0) is 0 Å². The minimum absolute atomic E-state index is 0.283. The number of benzene rings is 3. The van der Waals surface area contributed by atoms with Crippen molar-refractivity contribution in [3.8, 4) is 21.8 Å². The number of carbonyl (C=O) groups excluding carboxylic acids is 2. The number of aromatic nitrogens is 1. The third kappa shape index (κ3) is 3.37. The molecule has 0 spiro atoms. The molecule has 0 radical (unpaired) electrons. The molecule has 1 aromatic heterocycles. The van der Waals surface area contributed by atoms with Gasteiger partial charge in [-0.15, -0.1) is 11.3 Å². The molecule has 4 nitrogen and oxygen atoms in total. The molecule has 0 aliphatic carbocycles. The number of nitrogens with zero attached hydrogens (tertiary/aromatic N) is 2. The number of thiazole rings is 1. The van der Waals surface area contributed by atoms with Gasteiger partial charge in [0.05, 0.1) is 22.5 Å². The van der Waals surface area contributed by atoms with Gasteiger partial charge in [0, 0.05) is 16.5 Å². The number of fused-ring (bicyclic) bond motifs is 1. The van der Waals surface area contributed by atoms with Crippen LogP contribution in [0.4, 0.5) is 5.69 Å². The zero-order chi connectivity index (χ0) is 21.5. The van der Waals surface area contributed by atoms with Crippen molar-refractivity contribution >= 4 is 28.8 Å². The maximum atomic E-state index is 12.7. The van der Waals surface area contributed by atoms with E-state index in [1.165, 1.54) is 10.5 Å². The number of rotatable bonds is 4. The smallest absolute Gasteiger partial charge is 0.266 e. The quantitative estimate of drug-likeness (QED) is 0.356. The van der Waals surface area contributed by atoms with Crippen molar-refractivity contribution < 1.29 is 9.59 Å². The lowest BCUT2D eigenvalue weighted by Gasteiger charge is -2.14. The van der Waals surface area contributed by atoms with E-state index in [-0.39, 0.29) is 11.8 Å². The van der Waals surface area contributed by atoms with Gasteiger partial charge < -0.3 is 0 Å². The standard InChI is InChI=1S/C26H20N2O2S/c1-16(2)17-7-9-18(10-8-17)23-15-31-24(27-23)19-11-13-20(14-12-19)28-25(29)21-5-3-4-6-22(21)26(28)30/h3-16H,1-2H3. The molecule has 5 rings (SSSR count). The lowest BCUT2D eigenvalue weighted by Crippen LogP contribution is -2.29. The second-order valence-corrected chi connectivity index (χ2v) is 8.71. The predicted octanol–water partition coefficient (Wildman–Crippen LogP) is 6.40. The second-order valence-electron chi connectivity index (χ2n) is 7.85. The molecular formula is C26H20N2O2S. The van der Waals surface area contributed by atoms with Crippen molar-refractivity contribution in [3.63, 3.8) is 0 Å². The Balaban J connectivity index is 1.39. The molecule has 0 N–H and O–H groups in total. The summed E-state index contributed by atoms with van der Waals surface area (Å²) >= 11 is 1.58. The highest BCUT2D eigenvalue weighted by Gasteiger charge is 2.36. The molecule has 3 aromatic carbocycles. The molecule has 2 amide bonds. The van der Waals surface area contributed by atoms with Gasteiger partial charge in [-0.1, -0.05) is 50.2 Å². The van der Waals surface area contributed by atoms with E-state index in [1.54, 1.807) is 47.7 Å². The van der Waals surface area contributed by atoms with E-state index in [0.29, 0.717) is 22.7 Å². The predicted molar refractivity (Wildman–Crippen MR) is 125 cm³/mol. The topological polar surface area (TPSA) is 50.3 Å². The fourth-order valence-corrected chi connectivity index (χ4v) is 4.59. The third-order valence-corrected chi connectivity index (χ3v) is 6.44. The molecule has 0 atom stereocenters. The summed E-state index contributed by atoms with van der Waals surface area (Å²) in [6.07, 6.45) is 0. The molecule has 5 heteroatoms. The van der Waals surface area contributed by atoms with Crippen LogP contribution in [-0.4, -0.2) is 16.8 Å². The summed E-state index contributed by atoms with van der Waals surface area (Å²) in [4.78, 5) is 31.4. The van der Waals surface area contributed by atoms with Crippen molar-refractivity contribution in [1.82, 2.24) is 4.98 Å². The monoisotopic (exact) mass is 424 g/mol. The highest BCUT2D eigenvalue weighted by molar-refractivity contribution is 7.13. The van der Waals surface area contributed by atoms with Gasteiger partial charge in [0.15, 0.2) is 0 Å². The molecule has 0 unspecified atom stereocenters. The lowest BCUT2D eigenvalue weighted by atomic mass is 10.0. The van der Waals surface area contributed by atoms with E-state index in [4.69, 9.17) is 4.98 Å². The van der Waals surface area contributed by atoms with Gasteiger partial charge in [-0.3, -0.25) is 9.59 Å². The van der Waals surface area contributed by atoms with Crippen LogP contribution in [0.1, 0.15) is 46.0 Å². The van der Waals surface area contributed by atoms with Gasteiger partial charge in [0.2, 0.25) is 0 Å². The molecule has 1 aliphatic heterocycles. The molecule has 2 heterocycles. The van der Waals surface area contributed by atoms with Crippen LogP contribution in [0.3, 0.4) is 0 Å². The van der Waals surface area contributed by atoms with Crippen LogP contribution in [0, 0.1) is 0 Å². The van der Waals surface area contributed by atoms with Crippen LogP contribution in [0.5, 0.6) is 0 Å². The minimum atomic E-state index is -0.283. The number of hydrogen-bond acceptors (Lipinski definition) is 4. The van der Waals surface area contributed by atoms with Gasteiger partial charge in [0.25, 0.3) is 11.8 Å². The number of hydrogen-bond donors (Lipinski definition) is 0. The first-order chi connectivity index (χ1) is 15.0. The number of imide groups is 1.